The molecule has 0 spiro atoms. The Kier molecular flexibility index (Phi) is 12.7. The zero-order valence-corrected chi connectivity index (χ0v) is 11.4. The molecule has 0 aromatic rings. The molecule has 4 heteroatoms. The predicted octanol–water partition coefficient (Wildman–Crippen LogP) is 2.45. The largest absolute Gasteiger partial charge is 0.381 e. The molecular weight excluding hydrogens is 222 g/mol. The molecule has 0 aromatic carbocycles. The summed E-state index contributed by atoms with van der Waals surface area (Å²) in [5.41, 5.74) is 0. The monoisotopic (exact) mass is 247 g/mol. The number of hydrogen-bond donors (Lipinski definition) is 1. The molecule has 0 unspecified atom stereocenters. The van der Waals surface area contributed by atoms with Crippen LogP contribution in [-0.4, -0.2) is 37.7 Å². The zero-order valence-electron chi connectivity index (χ0n) is 10.6. The highest BCUT2D eigenvalue weighted by molar-refractivity contribution is 7.98. The summed E-state index contributed by atoms with van der Waals surface area (Å²) in [5.74, 6) is 1.23. The molecule has 0 radical (unpaired) electrons. The summed E-state index contributed by atoms with van der Waals surface area (Å²) in [7, 11) is 0. The second-order valence-corrected chi connectivity index (χ2v) is 4.75. The fourth-order valence-corrected chi connectivity index (χ4v) is 1.65. The summed E-state index contributed by atoms with van der Waals surface area (Å²) in [4.78, 5) is 11.3. The van der Waals surface area contributed by atoms with Crippen molar-refractivity contribution in [1.82, 2.24) is 5.32 Å². The first-order valence-electron chi connectivity index (χ1n) is 6.14. The smallest absolute Gasteiger partial charge is 0.220 e. The van der Waals surface area contributed by atoms with Gasteiger partial charge in [0.25, 0.3) is 0 Å². The van der Waals surface area contributed by atoms with E-state index in [-0.39, 0.29) is 5.91 Å². The third-order valence-electron chi connectivity index (χ3n) is 2.18. The van der Waals surface area contributed by atoms with Gasteiger partial charge in [-0.25, -0.2) is 0 Å². The highest BCUT2D eigenvalue weighted by Gasteiger charge is 1.99. The van der Waals surface area contributed by atoms with Crippen molar-refractivity contribution in [1.29, 1.82) is 0 Å². The molecule has 0 aliphatic heterocycles. The van der Waals surface area contributed by atoms with Crippen molar-refractivity contribution in [2.75, 3.05) is 31.8 Å². The predicted molar refractivity (Wildman–Crippen MR) is 71.0 cm³/mol. The van der Waals surface area contributed by atoms with Crippen molar-refractivity contribution in [3.05, 3.63) is 0 Å². The van der Waals surface area contributed by atoms with E-state index in [2.05, 4.69) is 18.5 Å². The van der Waals surface area contributed by atoms with Gasteiger partial charge in [0.05, 0.1) is 0 Å². The highest BCUT2D eigenvalue weighted by atomic mass is 32.2. The summed E-state index contributed by atoms with van der Waals surface area (Å²) in [5, 5.41) is 2.90. The maximum absolute atomic E-state index is 11.3. The standard InChI is InChI=1S/C12H25NO2S/c1-3-4-9-15-10-6-8-13-12(14)7-5-11-16-2/h3-11H2,1-2H3,(H,13,14). The molecule has 16 heavy (non-hydrogen) atoms. The van der Waals surface area contributed by atoms with Gasteiger partial charge in [0.15, 0.2) is 0 Å². The van der Waals surface area contributed by atoms with Crippen molar-refractivity contribution in [2.24, 2.45) is 0 Å². The van der Waals surface area contributed by atoms with Crippen molar-refractivity contribution < 1.29 is 9.53 Å². The Hall–Kier alpha value is -0.220. The summed E-state index contributed by atoms with van der Waals surface area (Å²) < 4.78 is 5.40. The number of unbranched alkanes of at least 4 members (excludes halogenated alkanes) is 1. The molecule has 0 saturated carbocycles. The first-order chi connectivity index (χ1) is 7.81. The van der Waals surface area contributed by atoms with E-state index >= 15 is 0 Å². The minimum Gasteiger partial charge on any atom is -0.381 e. The number of hydrogen-bond acceptors (Lipinski definition) is 3. The van der Waals surface area contributed by atoms with E-state index in [9.17, 15) is 4.79 Å². The van der Waals surface area contributed by atoms with E-state index in [1.807, 2.05) is 0 Å². The van der Waals surface area contributed by atoms with Crippen LogP contribution >= 0.6 is 11.8 Å². The summed E-state index contributed by atoms with van der Waals surface area (Å²) in [6, 6.07) is 0. The molecule has 0 aliphatic carbocycles. The molecular formula is C12H25NO2S. The molecule has 1 N–H and O–H groups in total. The van der Waals surface area contributed by atoms with E-state index < -0.39 is 0 Å². The van der Waals surface area contributed by atoms with Crippen molar-refractivity contribution in [3.63, 3.8) is 0 Å². The quantitative estimate of drug-likeness (QED) is 0.570. The van der Waals surface area contributed by atoms with Gasteiger partial charge >= 0.3 is 0 Å². The van der Waals surface area contributed by atoms with Crippen LogP contribution in [0.25, 0.3) is 0 Å². The number of rotatable bonds is 11. The van der Waals surface area contributed by atoms with Crippen LogP contribution in [0.15, 0.2) is 0 Å². The average molecular weight is 247 g/mol. The third-order valence-corrected chi connectivity index (χ3v) is 2.88. The van der Waals surface area contributed by atoms with Gasteiger partial charge in [0.1, 0.15) is 0 Å². The Bertz CT molecular complexity index is 165. The van der Waals surface area contributed by atoms with E-state index in [1.54, 1.807) is 11.8 Å². The van der Waals surface area contributed by atoms with Crippen LogP contribution in [0.2, 0.25) is 0 Å². The fraction of sp³-hybridized carbons (Fsp3) is 0.917. The summed E-state index contributed by atoms with van der Waals surface area (Å²) in [6.07, 6.45) is 6.90. The Morgan fingerprint density at radius 1 is 1.25 bits per heavy atom. The van der Waals surface area contributed by atoms with E-state index in [1.165, 1.54) is 6.42 Å². The van der Waals surface area contributed by atoms with E-state index in [4.69, 9.17) is 4.74 Å². The van der Waals surface area contributed by atoms with Crippen LogP contribution in [-0.2, 0) is 9.53 Å². The van der Waals surface area contributed by atoms with Gasteiger partial charge in [0.2, 0.25) is 5.91 Å². The van der Waals surface area contributed by atoms with Crippen LogP contribution in [0, 0.1) is 0 Å². The van der Waals surface area contributed by atoms with Crippen LogP contribution in [0.3, 0.4) is 0 Å². The molecule has 3 nitrogen and oxygen atoms in total. The van der Waals surface area contributed by atoms with Crippen LogP contribution in [0.4, 0.5) is 0 Å². The topological polar surface area (TPSA) is 38.3 Å². The first-order valence-corrected chi connectivity index (χ1v) is 7.54. The molecule has 0 rings (SSSR count). The highest BCUT2D eigenvalue weighted by Crippen LogP contribution is 1.98. The van der Waals surface area contributed by atoms with Crippen molar-refractivity contribution in [3.8, 4) is 0 Å². The minimum absolute atomic E-state index is 0.169. The zero-order chi connectivity index (χ0) is 12.1. The molecule has 0 heterocycles. The van der Waals surface area contributed by atoms with Gasteiger partial charge in [-0.1, -0.05) is 13.3 Å². The molecule has 96 valence electrons. The van der Waals surface area contributed by atoms with Gasteiger partial charge in [-0.3, -0.25) is 4.79 Å². The third kappa shape index (κ3) is 11.9. The van der Waals surface area contributed by atoms with E-state index in [0.717, 1.165) is 44.8 Å². The lowest BCUT2D eigenvalue weighted by atomic mass is 10.3. The normalized spacial score (nSPS) is 10.4. The second kappa shape index (κ2) is 12.8. The summed E-state index contributed by atoms with van der Waals surface area (Å²) in [6.45, 7) is 4.49. The SMILES string of the molecule is CCCCOCCCNC(=O)CCCSC. The Labute approximate surface area is 104 Å². The summed E-state index contributed by atoms with van der Waals surface area (Å²) >= 11 is 1.78. The maximum atomic E-state index is 11.3. The minimum atomic E-state index is 0.169. The van der Waals surface area contributed by atoms with Crippen molar-refractivity contribution >= 4 is 17.7 Å². The Morgan fingerprint density at radius 2 is 2.00 bits per heavy atom. The van der Waals surface area contributed by atoms with Crippen molar-refractivity contribution in [2.45, 2.75) is 39.0 Å². The number of carbonyl (C=O) groups is 1. The molecule has 0 saturated heterocycles. The maximum Gasteiger partial charge on any atom is 0.220 e. The molecule has 1 amide bonds. The lowest BCUT2D eigenvalue weighted by Gasteiger charge is -2.05. The number of nitrogens with one attached hydrogen (secondary N) is 1. The van der Waals surface area contributed by atoms with Gasteiger partial charge < -0.3 is 10.1 Å². The molecule has 0 aliphatic rings. The molecule has 0 fully saturated rings. The Morgan fingerprint density at radius 3 is 2.69 bits per heavy atom. The number of amides is 1. The average Bonchev–Trinajstić information content (AvgIpc) is 2.28. The van der Waals surface area contributed by atoms with Crippen LogP contribution in [0.1, 0.15) is 39.0 Å². The number of thioether (sulfide) groups is 1. The fourth-order valence-electron chi connectivity index (χ4n) is 1.22. The number of carbonyl (C=O) groups excluding carboxylic acids is 1. The first kappa shape index (κ1) is 15.8. The van der Waals surface area contributed by atoms with E-state index in [0.29, 0.717) is 6.42 Å². The molecule has 0 atom stereocenters. The Balaban J connectivity index is 3.09. The molecule has 0 aromatic heterocycles. The van der Waals surface area contributed by atoms with Crippen LogP contribution in [0.5, 0.6) is 0 Å². The lowest BCUT2D eigenvalue weighted by molar-refractivity contribution is -0.121. The van der Waals surface area contributed by atoms with Gasteiger partial charge in [0, 0.05) is 26.2 Å². The van der Waals surface area contributed by atoms with Gasteiger partial charge in [-0.15, -0.1) is 0 Å². The van der Waals surface area contributed by atoms with Gasteiger partial charge in [-0.05, 0) is 31.3 Å². The number of ether oxygens (including phenoxy) is 1. The molecule has 0 bridgehead atoms. The second-order valence-electron chi connectivity index (χ2n) is 3.77. The van der Waals surface area contributed by atoms with Gasteiger partial charge in [-0.2, -0.15) is 11.8 Å². The van der Waals surface area contributed by atoms with Crippen LogP contribution < -0.4 is 5.32 Å². The lowest BCUT2D eigenvalue weighted by Crippen LogP contribution is -2.25.